The molecule has 1 heterocycles. The van der Waals surface area contributed by atoms with Gasteiger partial charge >= 0.3 is 12.3 Å². The zero-order valence-corrected chi connectivity index (χ0v) is 17.7. The van der Waals surface area contributed by atoms with E-state index in [1.54, 1.807) is 20.8 Å². The first-order chi connectivity index (χ1) is 12.7. The standard InChI is InChI=1S/C18H34F3N5O2/c1-7-22-14(24-13-8-9-26(10-13)12-18(19,20)21)23-11-17(5,6)25-15(27)28-16(2,3)4/h13H,7-12H2,1-6H3,(H,25,27)(H2,22,23,24). The molecule has 0 bridgehead atoms. The molecule has 0 radical (unpaired) electrons. The van der Waals surface area contributed by atoms with Crippen LogP contribution in [0.2, 0.25) is 0 Å². The summed E-state index contributed by atoms with van der Waals surface area (Å²) in [6.45, 7) is 11.6. The molecule has 1 rings (SSSR count). The number of alkyl halides is 3. The fourth-order valence-electron chi connectivity index (χ4n) is 2.76. The highest BCUT2D eigenvalue weighted by Crippen LogP contribution is 2.20. The molecule has 164 valence electrons. The number of rotatable bonds is 6. The molecule has 1 saturated heterocycles. The molecule has 1 fully saturated rings. The van der Waals surface area contributed by atoms with Crippen molar-refractivity contribution in [1.82, 2.24) is 20.9 Å². The lowest BCUT2D eigenvalue weighted by molar-refractivity contribution is -0.143. The predicted molar refractivity (Wildman–Crippen MR) is 103 cm³/mol. The summed E-state index contributed by atoms with van der Waals surface area (Å²) < 4.78 is 42.9. The maximum Gasteiger partial charge on any atom is 0.408 e. The summed E-state index contributed by atoms with van der Waals surface area (Å²) in [5.41, 5.74) is -1.24. The topological polar surface area (TPSA) is 78.0 Å². The second-order valence-corrected chi connectivity index (χ2v) is 8.69. The molecule has 3 N–H and O–H groups in total. The minimum Gasteiger partial charge on any atom is -0.444 e. The van der Waals surface area contributed by atoms with Gasteiger partial charge in [0.2, 0.25) is 0 Å². The summed E-state index contributed by atoms with van der Waals surface area (Å²) in [4.78, 5) is 17.8. The van der Waals surface area contributed by atoms with Crippen molar-refractivity contribution >= 4 is 12.1 Å². The van der Waals surface area contributed by atoms with Gasteiger partial charge in [-0.1, -0.05) is 0 Å². The zero-order chi connectivity index (χ0) is 21.6. The summed E-state index contributed by atoms with van der Waals surface area (Å²) in [5.74, 6) is 0.514. The van der Waals surface area contributed by atoms with Crippen molar-refractivity contribution in [3.8, 4) is 0 Å². The van der Waals surface area contributed by atoms with Crippen LogP contribution in [0.15, 0.2) is 4.99 Å². The number of hydrogen-bond donors (Lipinski definition) is 3. The highest BCUT2D eigenvalue weighted by molar-refractivity contribution is 5.80. The molecule has 0 saturated carbocycles. The van der Waals surface area contributed by atoms with Crippen molar-refractivity contribution in [1.29, 1.82) is 0 Å². The number of guanidine groups is 1. The summed E-state index contributed by atoms with van der Waals surface area (Å²) >= 11 is 0. The molecule has 0 aromatic rings. The van der Waals surface area contributed by atoms with Gasteiger partial charge in [0.1, 0.15) is 5.60 Å². The summed E-state index contributed by atoms with van der Waals surface area (Å²) in [7, 11) is 0. The minimum absolute atomic E-state index is 0.109. The van der Waals surface area contributed by atoms with Crippen LogP contribution in [-0.2, 0) is 4.74 Å². The second kappa shape index (κ2) is 9.67. The number of hydrogen-bond acceptors (Lipinski definition) is 4. The lowest BCUT2D eigenvalue weighted by Gasteiger charge is -2.28. The Kier molecular flexibility index (Phi) is 8.40. The van der Waals surface area contributed by atoms with E-state index in [1.165, 1.54) is 4.90 Å². The van der Waals surface area contributed by atoms with Crippen molar-refractivity contribution in [3.05, 3.63) is 0 Å². The number of amides is 1. The fraction of sp³-hybridized carbons (Fsp3) is 0.889. The number of alkyl carbamates (subject to hydrolysis) is 1. The molecular formula is C18H34F3N5O2. The van der Waals surface area contributed by atoms with Gasteiger partial charge < -0.3 is 20.7 Å². The molecule has 0 spiro atoms. The van der Waals surface area contributed by atoms with Crippen LogP contribution in [-0.4, -0.2) is 73.0 Å². The molecule has 0 aromatic heterocycles. The van der Waals surface area contributed by atoms with E-state index in [-0.39, 0.29) is 12.6 Å². The summed E-state index contributed by atoms with van der Waals surface area (Å²) in [6, 6.07) is -0.109. The number of carbonyl (C=O) groups is 1. The first-order valence-electron chi connectivity index (χ1n) is 9.54. The Morgan fingerprint density at radius 1 is 1.21 bits per heavy atom. The first kappa shape index (κ1) is 24.3. The van der Waals surface area contributed by atoms with E-state index in [2.05, 4.69) is 20.9 Å². The molecule has 1 aliphatic heterocycles. The van der Waals surface area contributed by atoms with Crippen LogP contribution in [0, 0.1) is 0 Å². The van der Waals surface area contributed by atoms with Crippen LogP contribution < -0.4 is 16.0 Å². The Morgan fingerprint density at radius 3 is 2.39 bits per heavy atom. The lowest BCUT2D eigenvalue weighted by Crippen LogP contribution is -2.50. The van der Waals surface area contributed by atoms with Gasteiger partial charge in [-0.05, 0) is 48.0 Å². The van der Waals surface area contributed by atoms with E-state index in [9.17, 15) is 18.0 Å². The quantitative estimate of drug-likeness (QED) is 0.464. The Hall–Kier alpha value is -1.71. The maximum atomic E-state index is 12.5. The molecule has 1 amide bonds. The first-order valence-corrected chi connectivity index (χ1v) is 9.54. The van der Waals surface area contributed by atoms with Gasteiger partial charge in [0.15, 0.2) is 5.96 Å². The molecule has 0 aromatic carbocycles. The minimum atomic E-state index is -4.19. The Bertz CT molecular complexity index is 544. The van der Waals surface area contributed by atoms with Crippen LogP contribution in [0.5, 0.6) is 0 Å². The van der Waals surface area contributed by atoms with Crippen LogP contribution in [0.25, 0.3) is 0 Å². The van der Waals surface area contributed by atoms with Gasteiger partial charge in [-0.25, -0.2) is 4.79 Å². The van der Waals surface area contributed by atoms with Gasteiger partial charge in [0, 0.05) is 25.7 Å². The number of nitrogens with one attached hydrogen (secondary N) is 3. The monoisotopic (exact) mass is 409 g/mol. The van der Waals surface area contributed by atoms with Crippen LogP contribution in [0.3, 0.4) is 0 Å². The average Bonchev–Trinajstić information content (AvgIpc) is 2.87. The molecule has 1 atom stereocenters. The average molecular weight is 409 g/mol. The summed E-state index contributed by atoms with van der Waals surface area (Å²) in [6.07, 6.45) is -4.10. The number of aliphatic imine (C=N–C) groups is 1. The third-order valence-corrected chi connectivity index (χ3v) is 3.83. The third kappa shape index (κ3) is 10.6. The lowest BCUT2D eigenvalue weighted by atomic mass is 10.1. The van der Waals surface area contributed by atoms with Crippen LogP contribution >= 0.6 is 0 Å². The SMILES string of the molecule is CCNC(=NCC(C)(C)NC(=O)OC(C)(C)C)NC1CCN(CC(F)(F)F)C1. The fourth-order valence-corrected chi connectivity index (χ4v) is 2.76. The van der Waals surface area contributed by atoms with E-state index in [1.807, 2.05) is 20.8 Å². The number of carbonyl (C=O) groups excluding carboxylic acids is 1. The number of nitrogens with zero attached hydrogens (tertiary/aromatic N) is 2. The zero-order valence-electron chi connectivity index (χ0n) is 17.7. The Morgan fingerprint density at radius 2 is 1.86 bits per heavy atom. The van der Waals surface area contributed by atoms with Crippen LogP contribution in [0.1, 0.15) is 48.0 Å². The van der Waals surface area contributed by atoms with Crippen LogP contribution in [0.4, 0.5) is 18.0 Å². The van der Waals surface area contributed by atoms with Crippen molar-refractivity contribution in [2.45, 2.75) is 71.3 Å². The Balaban J connectivity index is 2.60. The molecule has 1 unspecified atom stereocenters. The molecular weight excluding hydrogens is 375 g/mol. The van der Waals surface area contributed by atoms with E-state index in [0.29, 0.717) is 32.0 Å². The highest BCUT2D eigenvalue weighted by Gasteiger charge is 2.34. The van der Waals surface area contributed by atoms with Gasteiger partial charge in [0.05, 0.1) is 18.6 Å². The van der Waals surface area contributed by atoms with Crippen molar-refractivity contribution in [3.63, 3.8) is 0 Å². The van der Waals surface area contributed by atoms with Gasteiger partial charge in [0.25, 0.3) is 0 Å². The predicted octanol–water partition coefficient (Wildman–Crippen LogP) is 2.48. The number of ether oxygens (including phenoxy) is 1. The van der Waals surface area contributed by atoms with E-state index in [4.69, 9.17) is 4.74 Å². The Labute approximate surface area is 165 Å². The van der Waals surface area contributed by atoms with Gasteiger partial charge in [-0.2, -0.15) is 13.2 Å². The highest BCUT2D eigenvalue weighted by atomic mass is 19.4. The molecule has 7 nitrogen and oxygen atoms in total. The van der Waals surface area contributed by atoms with Crippen molar-refractivity contribution in [2.24, 2.45) is 4.99 Å². The molecule has 28 heavy (non-hydrogen) atoms. The molecule has 0 aliphatic carbocycles. The van der Waals surface area contributed by atoms with E-state index >= 15 is 0 Å². The maximum absolute atomic E-state index is 12.5. The van der Waals surface area contributed by atoms with E-state index in [0.717, 1.165) is 0 Å². The number of likely N-dealkylation sites (tertiary alicyclic amines) is 1. The molecule has 10 heteroatoms. The van der Waals surface area contributed by atoms with Crippen molar-refractivity contribution < 1.29 is 22.7 Å². The second-order valence-electron chi connectivity index (χ2n) is 8.69. The molecule has 1 aliphatic rings. The third-order valence-electron chi connectivity index (χ3n) is 3.83. The van der Waals surface area contributed by atoms with Crippen molar-refractivity contribution in [2.75, 3.05) is 32.7 Å². The van der Waals surface area contributed by atoms with Gasteiger partial charge in [-0.3, -0.25) is 9.89 Å². The normalized spacial score (nSPS) is 19.5. The smallest absolute Gasteiger partial charge is 0.408 e. The number of halogens is 3. The van der Waals surface area contributed by atoms with E-state index < -0.39 is 30.0 Å². The van der Waals surface area contributed by atoms with Gasteiger partial charge in [-0.15, -0.1) is 0 Å². The largest absolute Gasteiger partial charge is 0.444 e. The summed E-state index contributed by atoms with van der Waals surface area (Å²) in [5, 5.41) is 9.05.